The van der Waals surface area contributed by atoms with Crippen LogP contribution in [0.15, 0.2) is 57.7 Å². The fourth-order valence-electron chi connectivity index (χ4n) is 2.27. The molecule has 0 saturated carbocycles. The summed E-state index contributed by atoms with van der Waals surface area (Å²) in [5, 5.41) is 1.39. The van der Waals surface area contributed by atoms with E-state index in [-0.39, 0.29) is 5.63 Å². The summed E-state index contributed by atoms with van der Waals surface area (Å²) in [6, 6.07) is 14.5. The average Bonchev–Trinajstić information content (AvgIpc) is 2.54. The molecule has 0 radical (unpaired) electrons. The molecule has 0 N–H and O–H groups in total. The maximum atomic E-state index is 12.1. The van der Waals surface area contributed by atoms with Crippen molar-refractivity contribution in [1.82, 2.24) is 0 Å². The Labute approximate surface area is 121 Å². The molecule has 0 aliphatic heterocycles. The molecular formula is C17H14O4. The van der Waals surface area contributed by atoms with E-state index in [0.717, 1.165) is 5.39 Å². The van der Waals surface area contributed by atoms with Gasteiger partial charge in [-0.1, -0.05) is 18.2 Å². The van der Waals surface area contributed by atoms with Crippen molar-refractivity contribution in [1.29, 1.82) is 0 Å². The van der Waals surface area contributed by atoms with Gasteiger partial charge in [-0.2, -0.15) is 0 Å². The van der Waals surface area contributed by atoms with Crippen molar-refractivity contribution in [2.24, 2.45) is 0 Å². The summed E-state index contributed by atoms with van der Waals surface area (Å²) in [7, 11) is 3.16. The normalized spacial score (nSPS) is 10.6. The molecule has 0 spiro atoms. The minimum Gasteiger partial charge on any atom is -0.497 e. The lowest BCUT2D eigenvalue weighted by atomic mass is 10.1. The third-order valence-electron chi connectivity index (χ3n) is 3.34. The highest BCUT2D eigenvalue weighted by molar-refractivity contribution is 5.85. The second-order valence-electron chi connectivity index (χ2n) is 4.55. The third-order valence-corrected chi connectivity index (χ3v) is 3.34. The zero-order valence-electron chi connectivity index (χ0n) is 11.8. The second kappa shape index (κ2) is 5.32. The molecule has 0 saturated heterocycles. The van der Waals surface area contributed by atoms with Crippen molar-refractivity contribution in [3.05, 3.63) is 59.0 Å². The van der Waals surface area contributed by atoms with Crippen molar-refractivity contribution in [2.45, 2.75) is 0 Å². The second-order valence-corrected chi connectivity index (χ2v) is 4.55. The van der Waals surface area contributed by atoms with E-state index in [1.807, 2.05) is 24.3 Å². The van der Waals surface area contributed by atoms with E-state index < -0.39 is 0 Å². The molecule has 1 aromatic heterocycles. The van der Waals surface area contributed by atoms with Crippen LogP contribution in [-0.2, 0) is 0 Å². The quantitative estimate of drug-likeness (QED) is 0.738. The van der Waals surface area contributed by atoms with Gasteiger partial charge in [-0.3, -0.25) is 0 Å². The van der Waals surface area contributed by atoms with Crippen LogP contribution in [0, 0.1) is 0 Å². The van der Waals surface area contributed by atoms with Crippen LogP contribution in [-0.4, -0.2) is 14.2 Å². The lowest BCUT2D eigenvalue weighted by Gasteiger charge is -2.10. The molecule has 0 amide bonds. The number of ether oxygens (including phenoxy) is 2. The van der Waals surface area contributed by atoms with E-state index >= 15 is 0 Å². The van der Waals surface area contributed by atoms with E-state index in [1.54, 1.807) is 38.5 Å². The van der Waals surface area contributed by atoms with E-state index in [0.29, 0.717) is 28.2 Å². The van der Waals surface area contributed by atoms with Crippen LogP contribution in [0.2, 0.25) is 0 Å². The molecule has 0 aliphatic carbocycles. The predicted octanol–water partition coefficient (Wildman–Crippen LogP) is 3.48. The van der Waals surface area contributed by atoms with Gasteiger partial charge in [0.1, 0.15) is 17.3 Å². The Morgan fingerprint density at radius 2 is 1.76 bits per heavy atom. The average molecular weight is 282 g/mol. The Hall–Kier alpha value is -2.75. The molecule has 0 bridgehead atoms. The molecule has 106 valence electrons. The van der Waals surface area contributed by atoms with Gasteiger partial charge < -0.3 is 13.9 Å². The highest BCUT2D eigenvalue weighted by Gasteiger charge is 2.12. The van der Waals surface area contributed by atoms with E-state index in [9.17, 15) is 4.79 Å². The smallest absolute Gasteiger partial charge is 0.344 e. The molecule has 0 atom stereocenters. The van der Waals surface area contributed by atoms with Gasteiger partial charge in [0.2, 0.25) is 0 Å². The Morgan fingerprint density at radius 1 is 0.952 bits per heavy atom. The summed E-state index contributed by atoms with van der Waals surface area (Å²) in [6.07, 6.45) is 0. The Morgan fingerprint density at radius 3 is 2.52 bits per heavy atom. The van der Waals surface area contributed by atoms with Crippen molar-refractivity contribution in [3.63, 3.8) is 0 Å². The van der Waals surface area contributed by atoms with Gasteiger partial charge in [-0.15, -0.1) is 0 Å². The zero-order chi connectivity index (χ0) is 14.8. The topological polar surface area (TPSA) is 48.7 Å². The molecule has 0 fully saturated rings. The first-order chi connectivity index (χ1) is 10.2. The number of rotatable bonds is 3. The summed E-state index contributed by atoms with van der Waals surface area (Å²) >= 11 is 0. The molecule has 21 heavy (non-hydrogen) atoms. The lowest BCUT2D eigenvalue weighted by Crippen LogP contribution is -2.00. The van der Waals surface area contributed by atoms with Gasteiger partial charge in [0.25, 0.3) is 0 Å². The first kappa shape index (κ1) is 13.2. The maximum Gasteiger partial charge on any atom is 0.344 e. The molecule has 0 unspecified atom stereocenters. The fourth-order valence-corrected chi connectivity index (χ4v) is 2.27. The van der Waals surface area contributed by atoms with Crippen molar-refractivity contribution >= 4 is 10.8 Å². The van der Waals surface area contributed by atoms with Crippen molar-refractivity contribution in [3.8, 4) is 22.8 Å². The molecular weight excluding hydrogens is 268 g/mol. The SMILES string of the molecule is COc1ccc(OC)c(-c2cc3ccccc3c(=O)o2)c1. The lowest BCUT2D eigenvalue weighted by molar-refractivity contribution is 0.402. The summed E-state index contributed by atoms with van der Waals surface area (Å²) in [6.45, 7) is 0. The molecule has 0 aliphatic rings. The van der Waals surface area contributed by atoms with Crippen LogP contribution in [0.25, 0.3) is 22.1 Å². The standard InChI is InChI=1S/C17H14O4/c1-19-12-7-8-15(20-2)14(10-12)16-9-11-5-3-4-6-13(11)17(18)21-16/h3-10H,1-2H3. The Kier molecular flexibility index (Phi) is 3.36. The van der Waals surface area contributed by atoms with Crippen LogP contribution in [0.4, 0.5) is 0 Å². The molecule has 4 heteroatoms. The number of hydrogen-bond acceptors (Lipinski definition) is 4. The van der Waals surface area contributed by atoms with E-state index in [4.69, 9.17) is 13.9 Å². The highest BCUT2D eigenvalue weighted by atomic mass is 16.5. The van der Waals surface area contributed by atoms with Crippen LogP contribution >= 0.6 is 0 Å². The molecule has 1 heterocycles. The van der Waals surface area contributed by atoms with Crippen molar-refractivity contribution < 1.29 is 13.9 Å². The van der Waals surface area contributed by atoms with Crippen LogP contribution in [0.3, 0.4) is 0 Å². The number of benzene rings is 2. The summed E-state index contributed by atoms with van der Waals surface area (Å²) in [4.78, 5) is 12.1. The van der Waals surface area contributed by atoms with Gasteiger partial charge in [0.15, 0.2) is 0 Å². The number of fused-ring (bicyclic) bond motifs is 1. The van der Waals surface area contributed by atoms with E-state index in [1.165, 1.54) is 0 Å². The Balaban J connectivity index is 2.27. The van der Waals surface area contributed by atoms with Gasteiger partial charge >= 0.3 is 5.63 Å². The van der Waals surface area contributed by atoms with Crippen LogP contribution in [0.1, 0.15) is 0 Å². The van der Waals surface area contributed by atoms with Crippen LogP contribution < -0.4 is 15.1 Å². The molecule has 3 rings (SSSR count). The van der Waals surface area contributed by atoms with Crippen molar-refractivity contribution in [2.75, 3.05) is 14.2 Å². The van der Waals surface area contributed by atoms with Gasteiger partial charge in [0, 0.05) is 0 Å². The summed E-state index contributed by atoms with van der Waals surface area (Å²) in [5.74, 6) is 1.74. The van der Waals surface area contributed by atoms with Crippen LogP contribution in [0.5, 0.6) is 11.5 Å². The highest BCUT2D eigenvalue weighted by Crippen LogP contribution is 2.33. The molecule has 2 aromatic carbocycles. The first-order valence-corrected chi connectivity index (χ1v) is 6.48. The zero-order valence-corrected chi connectivity index (χ0v) is 11.8. The molecule has 4 nitrogen and oxygen atoms in total. The minimum absolute atomic E-state index is 0.368. The monoisotopic (exact) mass is 282 g/mol. The van der Waals surface area contributed by atoms with E-state index in [2.05, 4.69) is 0 Å². The maximum absolute atomic E-state index is 12.1. The van der Waals surface area contributed by atoms with Gasteiger partial charge in [-0.25, -0.2) is 4.79 Å². The Bertz CT molecular complexity index is 849. The van der Waals surface area contributed by atoms with Gasteiger partial charge in [0.05, 0.1) is 25.2 Å². The first-order valence-electron chi connectivity index (χ1n) is 6.48. The van der Waals surface area contributed by atoms with Gasteiger partial charge in [-0.05, 0) is 35.7 Å². The minimum atomic E-state index is -0.368. The largest absolute Gasteiger partial charge is 0.497 e. The number of hydrogen-bond donors (Lipinski definition) is 0. The number of methoxy groups -OCH3 is 2. The summed E-state index contributed by atoms with van der Waals surface area (Å²) in [5.41, 5.74) is 0.313. The molecule has 3 aromatic rings. The predicted molar refractivity (Wildman–Crippen MR) is 81.0 cm³/mol. The fraction of sp³-hybridized carbons (Fsp3) is 0.118. The summed E-state index contributed by atoms with van der Waals surface area (Å²) < 4.78 is 16.0. The third kappa shape index (κ3) is 2.36.